The average molecular weight is 605 g/mol. The Morgan fingerprint density at radius 1 is 0.929 bits per heavy atom. The first-order chi connectivity index (χ1) is 20.1. The van der Waals surface area contributed by atoms with Gasteiger partial charge in [0.1, 0.15) is 0 Å². The summed E-state index contributed by atoms with van der Waals surface area (Å²) in [7, 11) is -3.31. The number of aryl methyl sites for hydroxylation is 1. The molecule has 1 aromatic heterocycles. The maximum atomic E-state index is 12.3. The molecule has 2 aliphatic heterocycles. The fraction of sp³-hybridized carbons (Fsp3) is 0.429. The minimum Gasteiger partial charge on any atom is -0.349 e. The van der Waals surface area contributed by atoms with Crippen molar-refractivity contribution in [2.75, 3.05) is 24.3 Å². The number of benzene rings is 3. The van der Waals surface area contributed by atoms with E-state index in [9.17, 15) is 8.42 Å². The van der Waals surface area contributed by atoms with Crippen LogP contribution in [0.2, 0.25) is 5.02 Å². The van der Waals surface area contributed by atoms with Gasteiger partial charge in [-0.25, -0.2) is 8.42 Å². The van der Waals surface area contributed by atoms with Crippen molar-refractivity contribution in [2.24, 2.45) is 0 Å². The van der Waals surface area contributed by atoms with Crippen molar-refractivity contribution in [3.05, 3.63) is 76.8 Å². The zero-order valence-electron chi connectivity index (χ0n) is 25.1. The van der Waals surface area contributed by atoms with Gasteiger partial charge in [-0.15, -0.1) is 0 Å². The van der Waals surface area contributed by atoms with E-state index in [1.54, 1.807) is 6.07 Å². The quantitative estimate of drug-likeness (QED) is 0.170. The van der Waals surface area contributed by atoms with Crippen LogP contribution in [0.5, 0.6) is 0 Å². The van der Waals surface area contributed by atoms with Crippen molar-refractivity contribution in [2.45, 2.75) is 81.9 Å². The molecule has 2 aliphatic rings. The predicted octanol–water partition coefficient (Wildman–Crippen LogP) is 8.75. The number of ether oxygens (including phenoxy) is 1. The second kappa shape index (κ2) is 11.0. The molecule has 6 rings (SSSR count). The number of unbranched alkanes of at least 4 members (excludes halogenated alkanes) is 5. The van der Waals surface area contributed by atoms with Crippen LogP contribution in [0, 0.1) is 0 Å². The third kappa shape index (κ3) is 4.86. The number of fused-ring (bicyclic) bond motifs is 6. The first-order valence-corrected chi connectivity index (χ1v) is 17.5. The second-order valence-electron chi connectivity index (χ2n) is 12.5. The second-order valence-corrected chi connectivity index (χ2v) is 14.9. The van der Waals surface area contributed by atoms with E-state index >= 15 is 0 Å². The highest BCUT2D eigenvalue weighted by molar-refractivity contribution is 7.90. The van der Waals surface area contributed by atoms with Crippen LogP contribution in [0.4, 0.5) is 5.69 Å². The summed E-state index contributed by atoms with van der Waals surface area (Å²) in [5.74, 6) is 0. The van der Waals surface area contributed by atoms with E-state index in [4.69, 9.17) is 16.3 Å². The van der Waals surface area contributed by atoms with Crippen molar-refractivity contribution in [3.8, 4) is 0 Å². The van der Waals surface area contributed by atoms with Gasteiger partial charge in [0.2, 0.25) is 0 Å². The summed E-state index contributed by atoms with van der Waals surface area (Å²) in [5, 5.41) is 3.13. The summed E-state index contributed by atoms with van der Waals surface area (Å²) in [6.07, 6.45) is 13.2. The van der Waals surface area contributed by atoms with Gasteiger partial charge in [0.05, 0.1) is 11.5 Å². The van der Waals surface area contributed by atoms with Crippen molar-refractivity contribution in [1.82, 2.24) is 4.57 Å². The van der Waals surface area contributed by atoms with Gasteiger partial charge in [0.25, 0.3) is 0 Å². The molecule has 3 heterocycles. The standard InChI is InChI=1S/C35H41ClN2O3S/c1-5-6-7-8-9-10-19-37-31-14-11-25(22-28(31)29-23-26(36)12-15-32(29)37)17-18-35-34(2,3)30-24-27(42(4,39)40)13-16-33(30)38(35)20-21-41-35/h11-18,22-24H,5-10,19-21H2,1-4H3/b18-17+. The minimum atomic E-state index is -3.31. The van der Waals surface area contributed by atoms with Crippen molar-refractivity contribution < 1.29 is 13.2 Å². The van der Waals surface area contributed by atoms with Crippen LogP contribution in [0.3, 0.4) is 0 Å². The summed E-state index contributed by atoms with van der Waals surface area (Å²) in [5.41, 5.74) is 4.43. The highest BCUT2D eigenvalue weighted by atomic mass is 35.5. The number of hydrogen-bond donors (Lipinski definition) is 0. The summed E-state index contributed by atoms with van der Waals surface area (Å²) in [6, 6.07) is 18.4. The third-order valence-electron chi connectivity index (χ3n) is 9.38. The van der Waals surface area contributed by atoms with Crippen LogP contribution in [0.25, 0.3) is 27.9 Å². The fourth-order valence-corrected chi connectivity index (χ4v) is 7.89. The molecule has 0 aliphatic carbocycles. The summed E-state index contributed by atoms with van der Waals surface area (Å²) in [4.78, 5) is 2.63. The van der Waals surface area contributed by atoms with Gasteiger partial charge in [-0.1, -0.05) is 76.6 Å². The van der Waals surface area contributed by atoms with Crippen LogP contribution in [-0.2, 0) is 26.5 Å². The van der Waals surface area contributed by atoms with E-state index in [1.807, 2.05) is 18.2 Å². The molecule has 0 radical (unpaired) electrons. The van der Waals surface area contributed by atoms with Gasteiger partial charge in [0.15, 0.2) is 15.6 Å². The van der Waals surface area contributed by atoms with Crippen molar-refractivity contribution in [3.63, 3.8) is 0 Å². The Hall–Kier alpha value is -2.80. The zero-order chi connectivity index (χ0) is 29.7. The Morgan fingerprint density at radius 2 is 1.64 bits per heavy atom. The van der Waals surface area contributed by atoms with Gasteiger partial charge in [0, 0.05) is 57.3 Å². The maximum absolute atomic E-state index is 12.3. The molecule has 0 spiro atoms. The number of rotatable bonds is 10. The number of halogens is 1. The van der Waals surface area contributed by atoms with Crippen molar-refractivity contribution >= 4 is 55.0 Å². The van der Waals surface area contributed by atoms with Gasteiger partial charge in [-0.2, -0.15) is 0 Å². The molecule has 7 heteroatoms. The lowest BCUT2D eigenvalue weighted by Crippen LogP contribution is -2.51. The molecule has 4 aromatic rings. The van der Waals surface area contributed by atoms with Crippen LogP contribution in [0.15, 0.2) is 65.6 Å². The van der Waals surface area contributed by atoms with Crippen molar-refractivity contribution in [1.29, 1.82) is 0 Å². The third-order valence-corrected chi connectivity index (χ3v) is 10.7. The summed E-state index contributed by atoms with van der Waals surface area (Å²) < 4.78 is 33.7. The molecule has 0 bridgehead atoms. The molecule has 1 saturated heterocycles. The van der Waals surface area contributed by atoms with Crippen LogP contribution in [-0.4, -0.2) is 38.1 Å². The highest BCUT2D eigenvalue weighted by Gasteiger charge is 2.59. The molecule has 5 nitrogen and oxygen atoms in total. The number of aromatic nitrogens is 1. The van der Waals surface area contributed by atoms with Crippen LogP contribution >= 0.6 is 11.6 Å². The molecule has 3 aromatic carbocycles. The van der Waals surface area contributed by atoms with Gasteiger partial charge >= 0.3 is 0 Å². The molecule has 0 saturated carbocycles. The number of anilines is 1. The zero-order valence-corrected chi connectivity index (χ0v) is 26.7. The smallest absolute Gasteiger partial charge is 0.175 e. The van der Waals surface area contributed by atoms with E-state index in [1.165, 1.54) is 66.6 Å². The number of nitrogens with zero attached hydrogens (tertiary/aromatic N) is 2. The molecule has 1 atom stereocenters. The Labute approximate surface area is 255 Å². The molecule has 0 N–H and O–H groups in total. The monoisotopic (exact) mass is 604 g/mol. The summed E-state index contributed by atoms with van der Waals surface area (Å²) in [6.45, 7) is 8.92. The molecule has 1 unspecified atom stereocenters. The largest absolute Gasteiger partial charge is 0.349 e. The van der Waals surface area contributed by atoms with Gasteiger partial charge < -0.3 is 14.2 Å². The van der Waals surface area contributed by atoms with E-state index in [0.29, 0.717) is 11.5 Å². The minimum absolute atomic E-state index is 0.344. The van der Waals surface area contributed by atoms with E-state index in [0.717, 1.165) is 34.9 Å². The molecule has 1 fully saturated rings. The fourth-order valence-electron chi connectivity index (χ4n) is 7.07. The first kappa shape index (κ1) is 29.3. The predicted molar refractivity (Wildman–Crippen MR) is 175 cm³/mol. The Balaban J connectivity index is 1.35. The molecular weight excluding hydrogens is 564 g/mol. The maximum Gasteiger partial charge on any atom is 0.175 e. The van der Waals surface area contributed by atoms with Crippen LogP contribution in [0.1, 0.15) is 70.4 Å². The SMILES string of the molecule is CCCCCCCCn1c2ccc(Cl)cc2c2cc(/C=C/C34OCCN3c3ccc(S(C)(=O)=O)cc3C4(C)C)ccc21. The van der Waals surface area contributed by atoms with E-state index in [2.05, 4.69) is 72.7 Å². The molecule has 222 valence electrons. The van der Waals surface area contributed by atoms with Gasteiger partial charge in [-0.05, 0) is 72.2 Å². The summed E-state index contributed by atoms with van der Waals surface area (Å²) >= 11 is 6.48. The van der Waals surface area contributed by atoms with Gasteiger partial charge in [-0.3, -0.25) is 0 Å². The van der Waals surface area contributed by atoms with E-state index in [-0.39, 0.29) is 0 Å². The lowest BCUT2D eigenvalue weighted by molar-refractivity contribution is 0.000294. The lowest BCUT2D eigenvalue weighted by atomic mass is 9.77. The Kier molecular flexibility index (Phi) is 7.70. The number of sulfone groups is 1. The molecule has 42 heavy (non-hydrogen) atoms. The molecule has 0 amide bonds. The average Bonchev–Trinajstić information content (AvgIpc) is 3.57. The topological polar surface area (TPSA) is 51.5 Å². The lowest BCUT2D eigenvalue weighted by Gasteiger charge is -2.39. The highest BCUT2D eigenvalue weighted by Crippen LogP contribution is 2.55. The Morgan fingerprint density at radius 3 is 2.40 bits per heavy atom. The van der Waals surface area contributed by atoms with E-state index < -0.39 is 21.0 Å². The molecular formula is C35H41ClN2O3S. The van der Waals surface area contributed by atoms with Crippen LogP contribution < -0.4 is 4.90 Å². The Bertz CT molecular complexity index is 1790. The normalized spacial score (nSPS) is 19.8. The number of hydrogen-bond acceptors (Lipinski definition) is 4. The first-order valence-electron chi connectivity index (χ1n) is 15.2.